The highest BCUT2D eigenvalue weighted by molar-refractivity contribution is 5.34. The van der Waals surface area contributed by atoms with Gasteiger partial charge in [-0.3, -0.25) is 0 Å². The Morgan fingerprint density at radius 2 is 1.85 bits per heavy atom. The van der Waals surface area contributed by atoms with Crippen molar-refractivity contribution in [3.05, 3.63) is 23.9 Å². The van der Waals surface area contributed by atoms with Crippen LogP contribution in [0.1, 0.15) is 32.8 Å². The van der Waals surface area contributed by atoms with Gasteiger partial charge in [0, 0.05) is 12.7 Å². The van der Waals surface area contributed by atoms with Crippen LogP contribution in [0.3, 0.4) is 0 Å². The van der Waals surface area contributed by atoms with Crippen LogP contribution in [0.15, 0.2) is 18.3 Å². The molecule has 0 aliphatic carbocycles. The van der Waals surface area contributed by atoms with E-state index in [2.05, 4.69) is 31.1 Å². The lowest BCUT2D eigenvalue weighted by molar-refractivity contribution is 1.09. The molecule has 2 heteroatoms. The van der Waals surface area contributed by atoms with Gasteiger partial charge in [-0.05, 0) is 25.5 Å². The average Bonchev–Trinajstić information content (AvgIpc) is 2.11. The zero-order chi connectivity index (χ0) is 10.1. The Bertz CT molecular complexity index is 204. The monoisotopic (exact) mass is 180 g/mol. The summed E-state index contributed by atoms with van der Waals surface area (Å²) in [7, 11) is 0. The molecule has 1 rings (SSSR count). The third-order valence-corrected chi connectivity index (χ3v) is 1.27. The Morgan fingerprint density at radius 3 is 2.23 bits per heavy atom. The summed E-state index contributed by atoms with van der Waals surface area (Å²) in [5.74, 6) is 0.952. The topological polar surface area (TPSA) is 24.9 Å². The first-order valence-corrected chi connectivity index (χ1v) is 4.91. The lowest BCUT2D eigenvalue weighted by Crippen LogP contribution is -1.98. The van der Waals surface area contributed by atoms with Gasteiger partial charge in [0.1, 0.15) is 5.82 Å². The van der Waals surface area contributed by atoms with Gasteiger partial charge >= 0.3 is 0 Å². The molecule has 1 aromatic rings. The van der Waals surface area contributed by atoms with Crippen LogP contribution in [0, 0.1) is 6.92 Å². The Kier molecular flexibility index (Phi) is 6.98. The van der Waals surface area contributed by atoms with Gasteiger partial charge in [0.05, 0.1) is 0 Å². The molecule has 0 saturated carbocycles. The molecule has 0 fully saturated rings. The van der Waals surface area contributed by atoms with Crippen LogP contribution < -0.4 is 5.32 Å². The maximum atomic E-state index is 4.16. The van der Waals surface area contributed by atoms with Crippen molar-refractivity contribution in [1.82, 2.24) is 4.98 Å². The molecule has 0 radical (unpaired) electrons. The number of pyridine rings is 1. The summed E-state index contributed by atoms with van der Waals surface area (Å²) in [4.78, 5) is 4.16. The van der Waals surface area contributed by atoms with Crippen molar-refractivity contribution in [2.75, 3.05) is 11.9 Å². The Labute approximate surface area is 81.4 Å². The molecule has 0 bridgehead atoms. The van der Waals surface area contributed by atoms with E-state index in [0.717, 1.165) is 12.4 Å². The fourth-order valence-corrected chi connectivity index (χ4v) is 0.753. The van der Waals surface area contributed by atoms with E-state index in [4.69, 9.17) is 0 Å². The van der Waals surface area contributed by atoms with Gasteiger partial charge in [-0.15, -0.1) is 0 Å². The molecule has 0 saturated heterocycles. The molecule has 1 heterocycles. The maximum Gasteiger partial charge on any atom is 0.125 e. The van der Waals surface area contributed by atoms with Crippen molar-refractivity contribution in [3.8, 4) is 0 Å². The summed E-state index contributed by atoms with van der Waals surface area (Å²) in [6, 6.07) is 4.03. The summed E-state index contributed by atoms with van der Waals surface area (Å²) < 4.78 is 0. The van der Waals surface area contributed by atoms with E-state index in [1.807, 2.05) is 25.3 Å². The minimum absolute atomic E-state index is 0.927. The van der Waals surface area contributed by atoms with E-state index in [1.165, 1.54) is 12.0 Å². The first-order chi connectivity index (χ1) is 6.24. The number of aromatic nitrogens is 1. The first-order valence-electron chi connectivity index (χ1n) is 4.91. The minimum Gasteiger partial charge on any atom is -0.370 e. The van der Waals surface area contributed by atoms with Crippen LogP contribution in [-0.4, -0.2) is 11.5 Å². The maximum absolute atomic E-state index is 4.16. The van der Waals surface area contributed by atoms with Gasteiger partial charge < -0.3 is 5.32 Å². The number of anilines is 1. The molecule has 2 nitrogen and oxygen atoms in total. The predicted molar refractivity (Wildman–Crippen MR) is 59.1 cm³/mol. The van der Waals surface area contributed by atoms with Crippen LogP contribution in [0.4, 0.5) is 5.82 Å². The average molecular weight is 180 g/mol. The highest BCUT2D eigenvalue weighted by Crippen LogP contribution is 2.02. The van der Waals surface area contributed by atoms with Crippen molar-refractivity contribution in [2.45, 2.75) is 34.1 Å². The molecular weight excluding hydrogens is 160 g/mol. The molecule has 0 atom stereocenters. The van der Waals surface area contributed by atoms with Gasteiger partial charge in [0.2, 0.25) is 0 Å². The summed E-state index contributed by atoms with van der Waals surface area (Å²) in [5.41, 5.74) is 1.20. The Hall–Kier alpha value is -1.05. The molecule has 0 amide bonds. The molecule has 0 aromatic carbocycles. The molecule has 1 aromatic heterocycles. The lowest BCUT2D eigenvalue weighted by Gasteiger charge is -2.00. The molecule has 13 heavy (non-hydrogen) atoms. The second kappa shape index (κ2) is 7.59. The third-order valence-electron chi connectivity index (χ3n) is 1.27. The van der Waals surface area contributed by atoms with Gasteiger partial charge in [-0.2, -0.15) is 0 Å². The van der Waals surface area contributed by atoms with E-state index in [-0.39, 0.29) is 0 Å². The number of rotatable bonds is 2. The second-order valence-corrected chi connectivity index (χ2v) is 2.96. The zero-order valence-corrected chi connectivity index (χ0v) is 9.09. The van der Waals surface area contributed by atoms with E-state index < -0.39 is 0 Å². The quantitative estimate of drug-likeness (QED) is 0.755. The molecule has 1 N–H and O–H groups in total. The van der Waals surface area contributed by atoms with Gasteiger partial charge in [-0.25, -0.2) is 4.98 Å². The number of hydrogen-bond donors (Lipinski definition) is 1. The second-order valence-electron chi connectivity index (χ2n) is 2.96. The molecule has 0 aliphatic heterocycles. The smallest absolute Gasteiger partial charge is 0.125 e. The number of nitrogens with zero attached hydrogens (tertiary/aromatic N) is 1. The summed E-state index contributed by atoms with van der Waals surface area (Å²) in [5, 5.41) is 3.12. The standard InChI is InChI=1S/C8H12N2.C3H8/c1-3-9-8-5-4-7(2)6-10-8;1-3-2/h4-6H,3H2,1-2H3,(H,9,10);3H2,1-2H3. The van der Waals surface area contributed by atoms with E-state index in [1.54, 1.807) is 0 Å². The van der Waals surface area contributed by atoms with Gasteiger partial charge in [-0.1, -0.05) is 26.3 Å². The third kappa shape index (κ3) is 6.14. The number of hydrogen-bond acceptors (Lipinski definition) is 2. The molecule has 74 valence electrons. The summed E-state index contributed by atoms with van der Waals surface area (Å²) in [6.45, 7) is 9.26. The van der Waals surface area contributed by atoms with Crippen LogP contribution in [-0.2, 0) is 0 Å². The van der Waals surface area contributed by atoms with Crippen LogP contribution in [0.5, 0.6) is 0 Å². The number of aryl methyl sites for hydroxylation is 1. The van der Waals surface area contributed by atoms with Crippen molar-refractivity contribution in [2.24, 2.45) is 0 Å². The zero-order valence-electron chi connectivity index (χ0n) is 9.09. The van der Waals surface area contributed by atoms with Crippen LogP contribution in [0.25, 0.3) is 0 Å². The molecular formula is C11H20N2. The van der Waals surface area contributed by atoms with Gasteiger partial charge in [0.25, 0.3) is 0 Å². The van der Waals surface area contributed by atoms with E-state index >= 15 is 0 Å². The van der Waals surface area contributed by atoms with Gasteiger partial charge in [0.15, 0.2) is 0 Å². The summed E-state index contributed by atoms with van der Waals surface area (Å²) >= 11 is 0. The summed E-state index contributed by atoms with van der Waals surface area (Å²) in [6.07, 6.45) is 3.11. The lowest BCUT2D eigenvalue weighted by atomic mass is 10.3. The normalized spacial score (nSPS) is 8.62. The largest absolute Gasteiger partial charge is 0.370 e. The van der Waals surface area contributed by atoms with Crippen molar-refractivity contribution in [1.29, 1.82) is 0 Å². The highest BCUT2D eigenvalue weighted by Gasteiger charge is 1.87. The predicted octanol–water partition coefficient (Wildman–Crippen LogP) is 3.24. The SMILES string of the molecule is CCC.CCNc1ccc(C)cn1. The van der Waals surface area contributed by atoms with E-state index in [0.29, 0.717) is 0 Å². The Morgan fingerprint density at radius 1 is 1.23 bits per heavy atom. The molecule has 0 unspecified atom stereocenters. The van der Waals surface area contributed by atoms with Crippen LogP contribution in [0.2, 0.25) is 0 Å². The van der Waals surface area contributed by atoms with Crippen molar-refractivity contribution in [3.63, 3.8) is 0 Å². The minimum atomic E-state index is 0.927. The van der Waals surface area contributed by atoms with Crippen LogP contribution >= 0.6 is 0 Å². The highest BCUT2D eigenvalue weighted by atomic mass is 15.0. The van der Waals surface area contributed by atoms with Crippen molar-refractivity contribution >= 4 is 5.82 Å². The molecule has 0 spiro atoms. The first kappa shape index (κ1) is 11.9. The van der Waals surface area contributed by atoms with E-state index in [9.17, 15) is 0 Å². The molecule has 0 aliphatic rings. The Balaban J connectivity index is 0.000000424. The number of nitrogens with one attached hydrogen (secondary N) is 1. The van der Waals surface area contributed by atoms with Crippen molar-refractivity contribution < 1.29 is 0 Å². The fraction of sp³-hybridized carbons (Fsp3) is 0.545. The fourth-order valence-electron chi connectivity index (χ4n) is 0.753.